The van der Waals surface area contributed by atoms with Gasteiger partial charge < -0.3 is 10.1 Å². The van der Waals surface area contributed by atoms with Crippen LogP contribution >= 0.6 is 0 Å². The zero-order chi connectivity index (χ0) is 14.8. The van der Waals surface area contributed by atoms with Crippen LogP contribution in [0.15, 0.2) is 48.5 Å². The van der Waals surface area contributed by atoms with Crippen molar-refractivity contribution in [2.75, 3.05) is 0 Å². The van der Waals surface area contributed by atoms with Crippen LogP contribution < -0.4 is 0 Å². The second kappa shape index (κ2) is 5.14. The van der Waals surface area contributed by atoms with E-state index in [1.165, 1.54) is 0 Å². The molecule has 0 atom stereocenters. The number of nitrogens with zero attached hydrogens (tertiary/aromatic N) is 2. The lowest BCUT2D eigenvalue weighted by Gasteiger charge is -2.03. The molecule has 0 saturated heterocycles. The Morgan fingerprint density at radius 3 is 2.52 bits per heavy atom. The Morgan fingerprint density at radius 1 is 1.14 bits per heavy atom. The molecule has 4 heteroatoms. The molecule has 0 saturated carbocycles. The van der Waals surface area contributed by atoms with Gasteiger partial charge in [-0.05, 0) is 19.1 Å². The van der Waals surface area contributed by atoms with Crippen molar-refractivity contribution in [2.45, 2.75) is 6.92 Å². The highest BCUT2D eigenvalue weighted by Gasteiger charge is 2.14. The quantitative estimate of drug-likeness (QED) is 0.551. The molecule has 2 N–H and O–H groups in total. The summed E-state index contributed by atoms with van der Waals surface area (Å²) in [5.74, 6) is 0.299. The van der Waals surface area contributed by atoms with Crippen molar-refractivity contribution < 1.29 is 5.11 Å². The van der Waals surface area contributed by atoms with Gasteiger partial charge in [-0.25, -0.2) is 4.98 Å². The predicted molar refractivity (Wildman–Crippen MR) is 82.3 cm³/mol. The molecule has 0 aliphatic carbocycles. The number of hydrogen-bond donors (Lipinski definition) is 2. The van der Waals surface area contributed by atoms with Gasteiger partial charge in [0, 0.05) is 5.56 Å². The molecule has 3 rings (SSSR count). The smallest absolute Gasteiger partial charge is 0.153 e. The highest BCUT2D eigenvalue weighted by atomic mass is 16.3. The first kappa shape index (κ1) is 12.9. The number of para-hydroxylation sites is 2. The Hall–Kier alpha value is -3.06. The summed E-state index contributed by atoms with van der Waals surface area (Å²) in [6.07, 6.45) is 0. The Balaban J connectivity index is 2.14. The van der Waals surface area contributed by atoms with Crippen LogP contribution in [-0.2, 0) is 0 Å². The molecule has 2 aromatic carbocycles. The molecule has 4 nitrogen and oxygen atoms in total. The Labute approximate surface area is 122 Å². The molecule has 1 aromatic heterocycles. The number of nitriles is 1. The third-order valence-corrected chi connectivity index (χ3v) is 3.30. The van der Waals surface area contributed by atoms with Gasteiger partial charge in [0.25, 0.3) is 0 Å². The van der Waals surface area contributed by atoms with Crippen molar-refractivity contribution in [1.82, 2.24) is 9.97 Å². The third-order valence-electron chi connectivity index (χ3n) is 3.30. The number of rotatable bonds is 2. The number of aromatic amines is 1. The van der Waals surface area contributed by atoms with E-state index in [0.717, 1.165) is 16.6 Å². The minimum atomic E-state index is -0.0726. The van der Waals surface area contributed by atoms with Crippen LogP contribution in [0.4, 0.5) is 0 Å². The van der Waals surface area contributed by atoms with E-state index in [-0.39, 0.29) is 11.3 Å². The number of aryl methyl sites for hydroxylation is 1. The summed E-state index contributed by atoms with van der Waals surface area (Å²) in [5, 5.41) is 19.7. The lowest BCUT2D eigenvalue weighted by molar-refractivity contribution is 0.514. The van der Waals surface area contributed by atoms with Crippen molar-refractivity contribution >= 4 is 22.4 Å². The second-order valence-corrected chi connectivity index (χ2v) is 4.80. The molecule has 21 heavy (non-hydrogen) atoms. The van der Waals surface area contributed by atoms with Gasteiger partial charge in [0.1, 0.15) is 17.4 Å². The molecule has 1 heterocycles. The van der Waals surface area contributed by atoms with Crippen molar-refractivity contribution in [3.63, 3.8) is 0 Å². The topological polar surface area (TPSA) is 72.7 Å². The number of H-pyrrole nitrogens is 1. The molecular weight excluding hydrogens is 262 g/mol. The zero-order valence-corrected chi connectivity index (χ0v) is 11.5. The number of fused-ring (bicyclic) bond motifs is 1. The first-order chi connectivity index (χ1) is 10.2. The van der Waals surface area contributed by atoms with Crippen molar-refractivity contribution in [3.8, 4) is 6.07 Å². The molecule has 0 unspecified atom stereocenters. The highest BCUT2D eigenvalue weighted by Crippen LogP contribution is 2.24. The largest absolute Gasteiger partial charge is 0.506 e. The van der Waals surface area contributed by atoms with Crippen LogP contribution in [0.1, 0.15) is 17.0 Å². The molecule has 0 aliphatic heterocycles. The first-order valence-corrected chi connectivity index (χ1v) is 6.54. The van der Waals surface area contributed by atoms with E-state index in [1.54, 1.807) is 12.1 Å². The van der Waals surface area contributed by atoms with E-state index in [1.807, 2.05) is 49.4 Å². The Bertz CT molecular complexity index is 834. The average molecular weight is 275 g/mol. The van der Waals surface area contributed by atoms with E-state index in [4.69, 9.17) is 0 Å². The van der Waals surface area contributed by atoms with Crippen LogP contribution in [0, 0.1) is 18.3 Å². The molecule has 102 valence electrons. The molecule has 0 spiro atoms. The molecular formula is C17H13N3O. The minimum Gasteiger partial charge on any atom is -0.506 e. The van der Waals surface area contributed by atoms with Gasteiger partial charge in [0.15, 0.2) is 5.82 Å². The fourth-order valence-electron chi connectivity index (χ4n) is 2.15. The van der Waals surface area contributed by atoms with Crippen LogP contribution in [0.2, 0.25) is 0 Å². The lowest BCUT2D eigenvalue weighted by Crippen LogP contribution is -1.92. The number of aliphatic hydroxyl groups is 1. The summed E-state index contributed by atoms with van der Waals surface area (Å²) in [6, 6.07) is 16.9. The standard InChI is InChI=1S/C17H13N3O/c1-11-6-8-12(9-7-11)16(21)13(10-18)17-19-14-4-2-3-5-15(14)20-17/h2-9,21H,1H3,(H,19,20)/b16-13-. The summed E-state index contributed by atoms with van der Waals surface area (Å²) in [4.78, 5) is 7.41. The minimum absolute atomic E-state index is 0.0726. The summed E-state index contributed by atoms with van der Waals surface area (Å²) < 4.78 is 0. The number of benzene rings is 2. The summed E-state index contributed by atoms with van der Waals surface area (Å²) in [7, 11) is 0. The van der Waals surface area contributed by atoms with Gasteiger partial charge in [-0.1, -0.05) is 42.0 Å². The number of aliphatic hydroxyl groups excluding tert-OH is 1. The van der Waals surface area contributed by atoms with E-state index in [0.29, 0.717) is 11.4 Å². The maximum absolute atomic E-state index is 10.3. The second-order valence-electron chi connectivity index (χ2n) is 4.80. The molecule has 0 radical (unpaired) electrons. The number of hydrogen-bond acceptors (Lipinski definition) is 3. The predicted octanol–water partition coefficient (Wildman–Crippen LogP) is 3.82. The van der Waals surface area contributed by atoms with E-state index in [2.05, 4.69) is 9.97 Å². The van der Waals surface area contributed by atoms with Crippen LogP contribution in [0.5, 0.6) is 0 Å². The SMILES string of the molecule is Cc1ccc(/C(O)=C(\C#N)c2nc3ccccc3[nH]2)cc1. The number of imidazole rings is 1. The van der Waals surface area contributed by atoms with Crippen LogP contribution in [-0.4, -0.2) is 15.1 Å². The van der Waals surface area contributed by atoms with Crippen molar-refractivity contribution in [1.29, 1.82) is 5.26 Å². The molecule has 0 bridgehead atoms. The van der Waals surface area contributed by atoms with E-state index < -0.39 is 0 Å². The average Bonchev–Trinajstić information content (AvgIpc) is 2.92. The Kier molecular flexibility index (Phi) is 3.17. The van der Waals surface area contributed by atoms with Crippen molar-refractivity contribution in [2.24, 2.45) is 0 Å². The molecule has 0 amide bonds. The fraction of sp³-hybridized carbons (Fsp3) is 0.0588. The first-order valence-electron chi connectivity index (χ1n) is 6.54. The lowest BCUT2D eigenvalue weighted by atomic mass is 10.1. The van der Waals surface area contributed by atoms with Gasteiger partial charge in [-0.15, -0.1) is 0 Å². The maximum atomic E-state index is 10.3. The van der Waals surface area contributed by atoms with Gasteiger partial charge in [0.05, 0.1) is 11.0 Å². The zero-order valence-electron chi connectivity index (χ0n) is 11.5. The van der Waals surface area contributed by atoms with Gasteiger partial charge in [0.2, 0.25) is 0 Å². The normalized spacial score (nSPS) is 12.0. The Morgan fingerprint density at radius 2 is 1.86 bits per heavy atom. The van der Waals surface area contributed by atoms with Gasteiger partial charge in [-0.3, -0.25) is 0 Å². The van der Waals surface area contributed by atoms with E-state index >= 15 is 0 Å². The molecule has 0 aliphatic rings. The summed E-state index contributed by atoms with van der Waals surface area (Å²) >= 11 is 0. The number of nitrogens with one attached hydrogen (secondary N) is 1. The van der Waals surface area contributed by atoms with Crippen LogP contribution in [0.25, 0.3) is 22.4 Å². The van der Waals surface area contributed by atoms with Gasteiger partial charge >= 0.3 is 0 Å². The van der Waals surface area contributed by atoms with Crippen molar-refractivity contribution in [3.05, 3.63) is 65.5 Å². The number of aromatic nitrogens is 2. The molecule has 0 fully saturated rings. The summed E-state index contributed by atoms with van der Waals surface area (Å²) in [5.41, 5.74) is 3.41. The van der Waals surface area contributed by atoms with Gasteiger partial charge in [-0.2, -0.15) is 5.26 Å². The molecule has 3 aromatic rings. The number of allylic oxidation sites excluding steroid dienone is 1. The highest BCUT2D eigenvalue weighted by molar-refractivity contribution is 5.94. The maximum Gasteiger partial charge on any atom is 0.153 e. The van der Waals surface area contributed by atoms with Crippen LogP contribution in [0.3, 0.4) is 0 Å². The van der Waals surface area contributed by atoms with E-state index in [9.17, 15) is 10.4 Å². The summed E-state index contributed by atoms with van der Waals surface area (Å²) in [6.45, 7) is 1.97. The third kappa shape index (κ3) is 2.37. The monoisotopic (exact) mass is 275 g/mol. The fourth-order valence-corrected chi connectivity index (χ4v) is 2.15.